The molecule has 10 heavy (non-hydrogen) atoms. The smallest absolute Gasteiger partial charge is 0.00348 e. The van der Waals surface area contributed by atoms with Crippen molar-refractivity contribution in [2.24, 2.45) is 5.41 Å². The molecule has 1 heteroatoms. The van der Waals surface area contributed by atoms with Crippen molar-refractivity contribution in [3.63, 3.8) is 0 Å². The minimum atomic E-state index is 0.630. The lowest BCUT2D eigenvalue weighted by atomic mass is 10.0. The molecule has 0 aromatic heterocycles. The maximum absolute atomic E-state index is 3.77. The van der Waals surface area contributed by atoms with Gasteiger partial charge in [0.1, 0.15) is 0 Å². The zero-order chi connectivity index (χ0) is 7.61. The molecule has 0 spiro atoms. The molecule has 0 saturated heterocycles. The third kappa shape index (κ3) is 1.84. The first-order valence-corrected chi connectivity index (χ1v) is 3.94. The first-order chi connectivity index (χ1) is 4.68. The summed E-state index contributed by atoms with van der Waals surface area (Å²) in [7, 11) is 4.28. The van der Waals surface area contributed by atoms with E-state index in [1.54, 1.807) is 0 Å². The quantitative estimate of drug-likeness (QED) is 0.538. The molecule has 1 fully saturated rings. The van der Waals surface area contributed by atoms with Crippen LogP contribution in [-0.4, -0.2) is 25.5 Å². The molecule has 58 valence electrons. The highest BCUT2D eigenvalue weighted by molar-refractivity contribution is 4.98. The molecule has 0 heterocycles. The Balaban J connectivity index is 2.30. The minimum Gasteiger partial charge on any atom is -0.309 e. The van der Waals surface area contributed by atoms with Crippen LogP contribution in [0.25, 0.3) is 0 Å². The fraction of sp³-hybridized carbons (Fsp3) is 0.778. The molecule has 1 aliphatic carbocycles. The van der Waals surface area contributed by atoms with Crippen LogP contribution in [0, 0.1) is 5.41 Å². The van der Waals surface area contributed by atoms with E-state index in [1.165, 1.54) is 25.8 Å². The zero-order valence-corrected chi connectivity index (χ0v) is 7.06. The van der Waals surface area contributed by atoms with Gasteiger partial charge in [0.2, 0.25) is 0 Å². The lowest BCUT2D eigenvalue weighted by Crippen LogP contribution is -2.22. The lowest BCUT2D eigenvalue weighted by Gasteiger charge is -2.17. The number of rotatable bonds is 4. The topological polar surface area (TPSA) is 3.24 Å². The second-order valence-electron chi connectivity index (χ2n) is 3.73. The summed E-state index contributed by atoms with van der Waals surface area (Å²) >= 11 is 0. The van der Waals surface area contributed by atoms with E-state index in [9.17, 15) is 0 Å². The predicted octanol–water partition coefficient (Wildman–Crippen LogP) is 1.90. The lowest BCUT2D eigenvalue weighted by molar-refractivity contribution is 0.310. The maximum atomic E-state index is 3.77. The van der Waals surface area contributed by atoms with E-state index < -0.39 is 0 Å². The van der Waals surface area contributed by atoms with E-state index in [2.05, 4.69) is 31.7 Å². The molecule has 0 atom stereocenters. The van der Waals surface area contributed by atoms with Crippen LogP contribution in [0.3, 0.4) is 0 Å². The SMILES string of the molecule is C=CCC1(CN(C)C)CC1. The van der Waals surface area contributed by atoms with Crippen LogP contribution in [0.4, 0.5) is 0 Å². The summed E-state index contributed by atoms with van der Waals surface area (Å²) in [5.41, 5.74) is 0.630. The molecule has 0 radical (unpaired) electrons. The molecule has 0 N–H and O–H groups in total. The van der Waals surface area contributed by atoms with Gasteiger partial charge >= 0.3 is 0 Å². The van der Waals surface area contributed by atoms with Gasteiger partial charge in [-0.05, 0) is 38.8 Å². The van der Waals surface area contributed by atoms with Crippen LogP contribution in [0.15, 0.2) is 12.7 Å². The van der Waals surface area contributed by atoms with E-state index >= 15 is 0 Å². The first kappa shape index (κ1) is 7.80. The van der Waals surface area contributed by atoms with Gasteiger partial charge in [0, 0.05) is 6.54 Å². The van der Waals surface area contributed by atoms with Gasteiger partial charge in [-0.3, -0.25) is 0 Å². The van der Waals surface area contributed by atoms with Crippen molar-refractivity contribution in [3.05, 3.63) is 12.7 Å². The first-order valence-electron chi connectivity index (χ1n) is 3.94. The van der Waals surface area contributed by atoms with Crippen LogP contribution in [0.1, 0.15) is 19.3 Å². The summed E-state index contributed by atoms with van der Waals surface area (Å²) < 4.78 is 0. The molecule has 0 unspecified atom stereocenters. The monoisotopic (exact) mass is 139 g/mol. The van der Waals surface area contributed by atoms with E-state index in [0.717, 1.165) is 0 Å². The normalized spacial score (nSPS) is 21.1. The van der Waals surface area contributed by atoms with E-state index in [1.807, 2.05) is 0 Å². The standard InChI is InChI=1S/C9H17N/c1-4-5-9(6-7-9)8-10(2)3/h4H,1,5-8H2,2-3H3. The van der Waals surface area contributed by atoms with Gasteiger partial charge in [0.05, 0.1) is 0 Å². The van der Waals surface area contributed by atoms with E-state index in [0.29, 0.717) is 5.41 Å². The van der Waals surface area contributed by atoms with Crippen molar-refractivity contribution in [2.75, 3.05) is 20.6 Å². The molecule has 0 aliphatic heterocycles. The third-order valence-corrected chi connectivity index (χ3v) is 2.19. The Morgan fingerprint density at radius 3 is 2.40 bits per heavy atom. The molecular weight excluding hydrogens is 122 g/mol. The van der Waals surface area contributed by atoms with E-state index in [-0.39, 0.29) is 0 Å². The molecule has 0 bridgehead atoms. The average molecular weight is 139 g/mol. The van der Waals surface area contributed by atoms with Gasteiger partial charge in [-0.2, -0.15) is 0 Å². The van der Waals surface area contributed by atoms with Crippen LogP contribution in [0.2, 0.25) is 0 Å². The minimum absolute atomic E-state index is 0.630. The van der Waals surface area contributed by atoms with Crippen molar-refractivity contribution < 1.29 is 0 Å². The van der Waals surface area contributed by atoms with Crippen molar-refractivity contribution >= 4 is 0 Å². The van der Waals surface area contributed by atoms with Gasteiger partial charge in [-0.25, -0.2) is 0 Å². The van der Waals surface area contributed by atoms with Crippen LogP contribution < -0.4 is 0 Å². The summed E-state index contributed by atoms with van der Waals surface area (Å²) in [5, 5.41) is 0. The summed E-state index contributed by atoms with van der Waals surface area (Å²) in [4.78, 5) is 2.27. The van der Waals surface area contributed by atoms with Crippen molar-refractivity contribution in [2.45, 2.75) is 19.3 Å². The van der Waals surface area contributed by atoms with Gasteiger partial charge in [-0.1, -0.05) is 6.08 Å². The third-order valence-electron chi connectivity index (χ3n) is 2.19. The van der Waals surface area contributed by atoms with Gasteiger partial charge < -0.3 is 4.90 Å². The maximum Gasteiger partial charge on any atom is 0.00348 e. The molecule has 1 aliphatic rings. The fourth-order valence-electron chi connectivity index (χ4n) is 1.58. The largest absolute Gasteiger partial charge is 0.309 e. The Kier molecular flexibility index (Phi) is 2.14. The van der Waals surface area contributed by atoms with Crippen molar-refractivity contribution in [1.82, 2.24) is 4.90 Å². The fourth-order valence-corrected chi connectivity index (χ4v) is 1.58. The van der Waals surface area contributed by atoms with Crippen molar-refractivity contribution in [1.29, 1.82) is 0 Å². The molecule has 1 saturated carbocycles. The second kappa shape index (κ2) is 2.75. The molecular formula is C9H17N. The summed E-state index contributed by atoms with van der Waals surface area (Å²) in [5.74, 6) is 0. The Labute approximate surface area is 63.7 Å². The average Bonchev–Trinajstić information content (AvgIpc) is 2.47. The van der Waals surface area contributed by atoms with Crippen molar-refractivity contribution in [3.8, 4) is 0 Å². The number of hydrogen-bond acceptors (Lipinski definition) is 1. The Hall–Kier alpha value is -0.300. The van der Waals surface area contributed by atoms with Gasteiger partial charge in [0.25, 0.3) is 0 Å². The predicted molar refractivity (Wildman–Crippen MR) is 45.0 cm³/mol. The molecule has 0 amide bonds. The highest BCUT2D eigenvalue weighted by Crippen LogP contribution is 2.49. The molecule has 1 nitrogen and oxygen atoms in total. The summed E-state index contributed by atoms with van der Waals surface area (Å²) in [6.07, 6.45) is 6.05. The van der Waals surface area contributed by atoms with Crippen LogP contribution in [-0.2, 0) is 0 Å². The molecule has 0 aromatic rings. The highest BCUT2D eigenvalue weighted by Gasteiger charge is 2.41. The van der Waals surface area contributed by atoms with Gasteiger partial charge in [0.15, 0.2) is 0 Å². The number of nitrogens with zero attached hydrogens (tertiary/aromatic N) is 1. The van der Waals surface area contributed by atoms with Crippen LogP contribution >= 0.6 is 0 Å². The van der Waals surface area contributed by atoms with Gasteiger partial charge in [-0.15, -0.1) is 6.58 Å². The number of hydrogen-bond donors (Lipinski definition) is 0. The number of allylic oxidation sites excluding steroid dienone is 1. The molecule has 0 aromatic carbocycles. The molecule has 1 rings (SSSR count). The van der Waals surface area contributed by atoms with Crippen LogP contribution in [0.5, 0.6) is 0 Å². The Morgan fingerprint density at radius 1 is 1.50 bits per heavy atom. The van der Waals surface area contributed by atoms with E-state index in [4.69, 9.17) is 0 Å². The Morgan fingerprint density at radius 2 is 2.10 bits per heavy atom. The summed E-state index contributed by atoms with van der Waals surface area (Å²) in [6, 6.07) is 0. The zero-order valence-electron chi connectivity index (χ0n) is 7.06. The second-order valence-corrected chi connectivity index (χ2v) is 3.73. The Bertz CT molecular complexity index is 123. The summed E-state index contributed by atoms with van der Waals surface area (Å²) in [6.45, 7) is 5.01. The highest BCUT2D eigenvalue weighted by atomic mass is 15.1.